The molecular formula is C18H19N3O3. The third kappa shape index (κ3) is 2.38. The molecular weight excluding hydrogens is 306 g/mol. The first-order chi connectivity index (χ1) is 11.6. The third-order valence-corrected chi connectivity index (χ3v) is 5.06. The number of nitrogens with zero attached hydrogens (tertiary/aromatic N) is 3. The van der Waals surface area contributed by atoms with Crippen LogP contribution in [0.15, 0.2) is 41.1 Å². The summed E-state index contributed by atoms with van der Waals surface area (Å²) in [6.07, 6.45) is 4.54. The number of hydrogen-bond acceptors (Lipinski definition) is 4. The molecule has 0 bridgehead atoms. The van der Waals surface area contributed by atoms with Crippen LogP contribution in [0.25, 0.3) is 0 Å². The van der Waals surface area contributed by atoms with Gasteiger partial charge in [-0.2, -0.15) is 0 Å². The quantitative estimate of drug-likeness (QED) is 0.849. The molecule has 1 atom stereocenters. The van der Waals surface area contributed by atoms with E-state index in [0.29, 0.717) is 43.2 Å². The highest BCUT2D eigenvalue weighted by atomic mass is 16.3. The number of likely N-dealkylation sites (tertiary alicyclic amines) is 1. The molecule has 1 spiro atoms. The maximum Gasteiger partial charge on any atom is 0.257 e. The third-order valence-electron chi connectivity index (χ3n) is 5.06. The van der Waals surface area contributed by atoms with E-state index in [9.17, 15) is 9.59 Å². The van der Waals surface area contributed by atoms with E-state index in [0.717, 1.165) is 6.42 Å². The van der Waals surface area contributed by atoms with Crippen molar-refractivity contribution >= 4 is 17.6 Å². The van der Waals surface area contributed by atoms with E-state index in [2.05, 4.69) is 4.98 Å². The molecule has 2 aliphatic heterocycles. The number of amides is 2. The summed E-state index contributed by atoms with van der Waals surface area (Å²) in [5, 5.41) is 0. The van der Waals surface area contributed by atoms with Gasteiger partial charge in [0.05, 0.1) is 11.8 Å². The maximum atomic E-state index is 12.7. The number of pyridine rings is 1. The van der Waals surface area contributed by atoms with E-state index in [1.807, 2.05) is 23.1 Å². The molecule has 6 heteroatoms. The Labute approximate surface area is 140 Å². The number of carbonyl (C=O) groups is 2. The lowest BCUT2D eigenvalue weighted by atomic mass is 9.86. The van der Waals surface area contributed by atoms with E-state index < -0.39 is 0 Å². The number of hydrogen-bond donors (Lipinski definition) is 0. The van der Waals surface area contributed by atoms with Crippen molar-refractivity contribution in [3.05, 3.63) is 48.0 Å². The Balaban J connectivity index is 1.51. The molecule has 2 fully saturated rings. The fraction of sp³-hybridized carbons (Fsp3) is 0.389. The van der Waals surface area contributed by atoms with Gasteiger partial charge in [-0.15, -0.1) is 0 Å². The van der Waals surface area contributed by atoms with Gasteiger partial charge >= 0.3 is 0 Å². The molecule has 2 aromatic heterocycles. The van der Waals surface area contributed by atoms with Crippen LogP contribution in [-0.4, -0.2) is 41.3 Å². The smallest absolute Gasteiger partial charge is 0.257 e. The van der Waals surface area contributed by atoms with Crippen LogP contribution in [0.1, 0.15) is 29.0 Å². The molecule has 6 nitrogen and oxygen atoms in total. The molecule has 24 heavy (non-hydrogen) atoms. The highest BCUT2D eigenvalue weighted by molar-refractivity contribution is 5.97. The number of aromatic nitrogens is 1. The predicted molar refractivity (Wildman–Crippen MR) is 87.6 cm³/mol. The largest absolute Gasteiger partial charge is 0.469 e. The summed E-state index contributed by atoms with van der Waals surface area (Å²) < 4.78 is 5.24. The van der Waals surface area contributed by atoms with Gasteiger partial charge < -0.3 is 9.32 Å². The molecule has 1 unspecified atom stereocenters. The van der Waals surface area contributed by atoms with Gasteiger partial charge in [-0.1, -0.05) is 6.07 Å². The van der Waals surface area contributed by atoms with Crippen LogP contribution >= 0.6 is 0 Å². The normalized spacial score (nSPS) is 23.5. The SMILES string of the molecule is Cc1occc1C(=O)N1CCC2(CC(=O)N(c3ccccn3)C2)C1. The van der Waals surface area contributed by atoms with E-state index in [-0.39, 0.29) is 17.2 Å². The molecule has 4 rings (SSSR count). The summed E-state index contributed by atoms with van der Waals surface area (Å²) in [7, 11) is 0. The fourth-order valence-electron chi connectivity index (χ4n) is 3.78. The van der Waals surface area contributed by atoms with Gasteiger partial charge in [-0.05, 0) is 31.5 Å². The van der Waals surface area contributed by atoms with Crippen LogP contribution in [0.3, 0.4) is 0 Å². The highest BCUT2D eigenvalue weighted by Crippen LogP contribution is 2.41. The Hall–Kier alpha value is -2.63. The Kier molecular flexibility index (Phi) is 3.40. The molecule has 0 aliphatic carbocycles. The molecule has 0 aromatic carbocycles. The number of rotatable bonds is 2. The number of anilines is 1. The van der Waals surface area contributed by atoms with Crippen molar-refractivity contribution in [3.63, 3.8) is 0 Å². The van der Waals surface area contributed by atoms with Gasteiger partial charge in [0.2, 0.25) is 5.91 Å². The van der Waals surface area contributed by atoms with Gasteiger partial charge in [0.25, 0.3) is 5.91 Å². The second-order valence-electron chi connectivity index (χ2n) is 6.71. The molecule has 0 saturated carbocycles. The Morgan fingerprint density at radius 3 is 2.88 bits per heavy atom. The van der Waals surface area contributed by atoms with E-state index in [1.165, 1.54) is 6.26 Å². The maximum absolute atomic E-state index is 12.7. The van der Waals surface area contributed by atoms with Gasteiger partial charge in [-0.3, -0.25) is 14.5 Å². The first-order valence-corrected chi connectivity index (χ1v) is 8.13. The first kappa shape index (κ1) is 14.9. The Morgan fingerprint density at radius 2 is 2.17 bits per heavy atom. The van der Waals surface area contributed by atoms with Gasteiger partial charge in [0, 0.05) is 37.7 Å². The summed E-state index contributed by atoms with van der Waals surface area (Å²) in [5.41, 5.74) is 0.444. The molecule has 2 aliphatic rings. The lowest BCUT2D eigenvalue weighted by Gasteiger charge is -2.23. The molecule has 2 saturated heterocycles. The second kappa shape index (κ2) is 5.47. The molecule has 4 heterocycles. The zero-order valence-corrected chi connectivity index (χ0v) is 13.6. The van der Waals surface area contributed by atoms with Crippen molar-refractivity contribution in [2.45, 2.75) is 19.8 Å². The summed E-state index contributed by atoms with van der Waals surface area (Å²) in [5.74, 6) is 1.40. The lowest BCUT2D eigenvalue weighted by Crippen LogP contribution is -2.34. The van der Waals surface area contributed by atoms with Crippen LogP contribution in [0, 0.1) is 12.3 Å². The van der Waals surface area contributed by atoms with Gasteiger partial charge in [0.1, 0.15) is 11.6 Å². The first-order valence-electron chi connectivity index (χ1n) is 8.13. The topological polar surface area (TPSA) is 66.7 Å². The van der Waals surface area contributed by atoms with E-state index in [4.69, 9.17) is 4.42 Å². The summed E-state index contributed by atoms with van der Waals surface area (Å²) in [6.45, 7) is 3.69. The van der Waals surface area contributed by atoms with E-state index >= 15 is 0 Å². The molecule has 0 radical (unpaired) electrons. The van der Waals surface area contributed by atoms with Crippen LogP contribution < -0.4 is 4.90 Å². The van der Waals surface area contributed by atoms with Gasteiger partial charge in [-0.25, -0.2) is 4.98 Å². The van der Waals surface area contributed by atoms with Crippen molar-refractivity contribution in [3.8, 4) is 0 Å². The summed E-state index contributed by atoms with van der Waals surface area (Å²) in [6, 6.07) is 7.28. The number of furan rings is 1. The average Bonchev–Trinajstić information content (AvgIpc) is 3.28. The number of aryl methyl sites for hydroxylation is 1. The minimum absolute atomic E-state index is 0.0122. The van der Waals surface area contributed by atoms with Crippen molar-refractivity contribution < 1.29 is 14.0 Å². The molecule has 2 amide bonds. The van der Waals surface area contributed by atoms with Crippen molar-refractivity contribution in [2.75, 3.05) is 24.5 Å². The standard InChI is InChI=1S/C18H19N3O3/c1-13-14(5-9-24-13)17(23)20-8-6-18(11-20)10-16(22)21(12-18)15-4-2-3-7-19-15/h2-5,7,9H,6,8,10-12H2,1H3. The Bertz CT molecular complexity index is 786. The van der Waals surface area contributed by atoms with Gasteiger partial charge in [0.15, 0.2) is 0 Å². The van der Waals surface area contributed by atoms with Crippen molar-refractivity contribution in [1.82, 2.24) is 9.88 Å². The fourth-order valence-corrected chi connectivity index (χ4v) is 3.78. The minimum atomic E-state index is -0.165. The lowest BCUT2D eigenvalue weighted by molar-refractivity contribution is -0.117. The summed E-state index contributed by atoms with van der Waals surface area (Å²) >= 11 is 0. The minimum Gasteiger partial charge on any atom is -0.469 e. The molecule has 0 N–H and O–H groups in total. The zero-order valence-electron chi connectivity index (χ0n) is 13.6. The average molecular weight is 325 g/mol. The highest BCUT2D eigenvalue weighted by Gasteiger charge is 2.49. The van der Waals surface area contributed by atoms with Crippen LogP contribution in [0.5, 0.6) is 0 Å². The predicted octanol–water partition coefficient (Wildman–Crippen LogP) is 2.25. The van der Waals surface area contributed by atoms with Crippen LogP contribution in [0.4, 0.5) is 5.82 Å². The van der Waals surface area contributed by atoms with Crippen molar-refractivity contribution in [1.29, 1.82) is 0 Å². The Morgan fingerprint density at radius 1 is 1.29 bits per heavy atom. The second-order valence-corrected chi connectivity index (χ2v) is 6.71. The van der Waals surface area contributed by atoms with E-state index in [1.54, 1.807) is 24.1 Å². The van der Waals surface area contributed by atoms with Crippen LogP contribution in [0.2, 0.25) is 0 Å². The summed E-state index contributed by atoms with van der Waals surface area (Å²) in [4.78, 5) is 33.0. The molecule has 124 valence electrons. The zero-order chi connectivity index (χ0) is 16.7. The number of carbonyl (C=O) groups excluding carboxylic acids is 2. The van der Waals surface area contributed by atoms with Crippen LogP contribution in [-0.2, 0) is 4.79 Å². The monoisotopic (exact) mass is 325 g/mol. The van der Waals surface area contributed by atoms with Crippen molar-refractivity contribution in [2.24, 2.45) is 5.41 Å². The molecule has 2 aromatic rings.